The molecule has 2 aliphatic carbocycles. The van der Waals surface area contributed by atoms with Crippen molar-refractivity contribution >= 4 is 46.3 Å². The molecule has 33 heavy (non-hydrogen) atoms. The summed E-state index contributed by atoms with van der Waals surface area (Å²) in [5.74, 6) is -1.21. The summed E-state index contributed by atoms with van der Waals surface area (Å²) in [5.41, 5.74) is 6.56. The van der Waals surface area contributed by atoms with Crippen molar-refractivity contribution in [2.24, 2.45) is 11.7 Å². The molecule has 0 saturated heterocycles. The molecule has 2 aliphatic rings. The number of amides is 1. The minimum absolute atomic E-state index is 0.0400. The van der Waals surface area contributed by atoms with Crippen molar-refractivity contribution in [3.8, 4) is 0 Å². The number of anilines is 3. The fraction of sp³-hybridized carbons (Fsp3) is 0.455. The van der Waals surface area contributed by atoms with Gasteiger partial charge in [-0.1, -0.05) is 11.6 Å². The summed E-state index contributed by atoms with van der Waals surface area (Å²) in [6.07, 6.45) is 7.61. The normalized spacial score (nSPS) is 21.1. The highest BCUT2D eigenvalue weighted by atomic mass is 35.5. The van der Waals surface area contributed by atoms with Gasteiger partial charge in [-0.05, 0) is 51.0 Å². The number of primary amides is 1. The van der Waals surface area contributed by atoms with Gasteiger partial charge in [-0.2, -0.15) is 4.98 Å². The van der Waals surface area contributed by atoms with Crippen LogP contribution in [0.15, 0.2) is 18.3 Å². The number of carbonyl (C=O) groups excluding carboxylic acids is 1. The molecule has 0 spiro atoms. The second-order valence-electron chi connectivity index (χ2n) is 8.76. The number of rotatable bonds is 6. The smallest absolute Gasteiger partial charge is 0.224 e. The molecule has 0 unspecified atom stereocenters. The summed E-state index contributed by atoms with van der Waals surface area (Å²) >= 11 is 6.11. The maximum absolute atomic E-state index is 14.5. The fourth-order valence-electron chi connectivity index (χ4n) is 4.52. The van der Waals surface area contributed by atoms with E-state index in [1.165, 1.54) is 6.42 Å². The third kappa shape index (κ3) is 4.31. The third-order valence-electron chi connectivity index (χ3n) is 6.58. The van der Waals surface area contributed by atoms with Gasteiger partial charge in [-0.15, -0.1) is 0 Å². The van der Waals surface area contributed by atoms with E-state index in [1.54, 1.807) is 6.20 Å². The van der Waals surface area contributed by atoms with E-state index in [0.29, 0.717) is 54.8 Å². The van der Waals surface area contributed by atoms with Crippen molar-refractivity contribution in [3.05, 3.63) is 35.0 Å². The van der Waals surface area contributed by atoms with E-state index in [4.69, 9.17) is 22.3 Å². The molecule has 11 heteroatoms. The Morgan fingerprint density at radius 1 is 1.12 bits per heavy atom. The first kappa shape index (κ1) is 21.8. The third-order valence-corrected chi connectivity index (χ3v) is 6.88. The predicted octanol–water partition coefficient (Wildman–Crippen LogP) is 4.68. The number of halogens is 3. The van der Waals surface area contributed by atoms with Crippen LogP contribution in [0.5, 0.6) is 0 Å². The van der Waals surface area contributed by atoms with Crippen LogP contribution >= 0.6 is 11.6 Å². The van der Waals surface area contributed by atoms with Crippen LogP contribution in [0.2, 0.25) is 5.02 Å². The quantitative estimate of drug-likeness (QED) is 0.477. The molecule has 5 rings (SSSR count). The number of aromatic nitrogens is 4. The van der Waals surface area contributed by atoms with Gasteiger partial charge in [0, 0.05) is 24.1 Å². The Morgan fingerprint density at radius 2 is 1.88 bits per heavy atom. The summed E-state index contributed by atoms with van der Waals surface area (Å²) in [6.45, 7) is 0. The first-order valence-electron chi connectivity index (χ1n) is 11.1. The van der Waals surface area contributed by atoms with Gasteiger partial charge in [0.25, 0.3) is 0 Å². The second kappa shape index (κ2) is 8.74. The average molecular weight is 476 g/mol. The lowest BCUT2D eigenvalue weighted by Crippen LogP contribution is -2.29. The van der Waals surface area contributed by atoms with Crippen LogP contribution in [-0.2, 0) is 4.79 Å². The molecule has 4 N–H and O–H groups in total. The summed E-state index contributed by atoms with van der Waals surface area (Å²) in [4.78, 5) is 25.3. The molecule has 2 aromatic heterocycles. The number of nitrogens with zero attached hydrogens (tertiary/aromatic N) is 4. The fourth-order valence-corrected chi connectivity index (χ4v) is 4.76. The number of benzene rings is 1. The number of imidazole rings is 1. The molecule has 2 saturated carbocycles. The van der Waals surface area contributed by atoms with Gasteiger partial charge in [0.1, 0.15) is 11.3 Å². The number of hydrogen-bond acceptors (Lipinski definition) is 6. The molecule has 1 aromatic carbocycles. The Kier molecular flexibility index (Phi) is 5.77. The Bertz CT molecular complexity index is 1180. The molecule has 2 heterocycles. The van der Waals surface area contributed by atoms with Crippen molar-refractivity contribution in [3.63, 3.8) is 0 Å². The largest absolute Gasteiger partial charge is 0.369 e. The number of nitrogens with one attached hydrogen (secondary N) is 2. The van der Waals surface area contributed by atoms with Crippen molar-refractivity contribution in [1.29, 1.82) is 0 Å². The molecule has 0 aliphatic heterocycles. The zero-order valence-corrected chi connectivity index (χ0v) is 18.6. The minimum atomic E-state index is -0.825. The van der Waals surface area contributed by atoms with Crippen molar-refractivity contribution in [2.45, 2.75) is 57.0 Å². The maximum atomic E-state index is 14.5. The summed E-state index contributed by atoms with van der Waals surface area (Å²) in [6, 6.07) is 2.12. The second-order valence-corrected chi connectivity index (χ2v) is 9.16. The van der Waals surface area contributed by atoms with E-state index in [0.717, 1.165) is 25.0 Å². The van der Waals surface area contributed by atoms with Gasteiger partial charge in [-0.3, -0.25) is 9.36 Å². The van der Waals surface area contributed by atoms with Gasteiger partial charge >= 0.3 is 0 Å². The highest BCUT2D eigenvalue weighted by molar-refractivity contribution is 6.33. The molecule has 174 valence electrons. The van der Waals surface area contributed by atoms with Crippen LogP contribution in [-0.4, -0.2) is 31.5 Å². The molecular formula is C22H24ClF2N7O. The van der Waals surface area contributed by atoms with E-state index in [2.05, 4.69) is 20.6 Å². The van der Waals surface area contributed by atoms with Gasteiger partial charge in [0.2, 0.25) is 17.8 Å². The van der Waals surface area contributed by atoms with Crippen molar-refractivity contribution < 1.29 is 13.6 Å². The lowest BCUT2D eigenvalue weighted by molar-refractivity contribution is -0.122. The van der Waals surface area contributed by atoms with Crippen LogP contribution in [0.3, 0.4) is 0 Å². The van der Waals surface area contributed by atoms with E-state index in [-0.39, 0.29) is 28.6 Å². The molecule has 0 radical (unpaired) electrons. The zero-order chi connectivity index (χ0) is 23.1. The highest BCUT2D eigenvalue weighted by Gasteiger charge is 2.30. The lowest BCUT2D eigenvalue weighted by Gasteiger charge is -2.29. The van der Waals surface area contributed by atoms with E-state index in [1.807, 2.05) is 4.57 Å². The van der Waals surface area contributed by atoms with Gasteiger partial charge in [0.05, 0.1) is 16.9 Å². The number of fused-ring (bicyclic) bond motifs is 1. The Morgan fingerprint density at radius 3 is 2.52 bits per heavy atom. The van der Waals surface area contributed by atoms with Crippen LogP contribution in [0, 0.1) is 17.6 Å². The molecule has 0 bridgehead atoms. The van der Waals surface area contributed by atoms with E-state index in [9.17, 15) is 13.6 Å². The van der Waals surface area contributed by atoms with Crippen LogP contribution in [0.25, 0.3) is 11.2 Å². The molecule has 3 aromatic rings. The first-order chi connectivity index (χ1) is 15.9. The van der Waals surface area contributed by atoms with Crippen molar-refractivity contribution in [1.82, 2.24) is 19.5 Å². The van der Waals surface area contributed by atoms with Gasteiger partial charge in [-0.25, -0.2) is 18.7 Å². The Labute approximate surface area is 193 Å². The molecular weight excluding hydrogens is 452 g/mol. The summed E-state index contributed by atoms with van der Waals surface area (Å²) in [7, 11) is 0. The Hall–Kier alpha value is -3.01. The predicted molar refractivity (Wildman–Crippen MR) is 121 cm³/mol. The van der Waals surface area contributed by atoms with Crippen molar-refractivity contribution in [2.75, 3.05) is 10.6 Å². The topological polar surface area (TPSA) is 111 Å². The van der Waals surface area contributed by atoms with Gasteiger partial charge in [0.15, 0.2) is 11.5 Å². The maximum Gasteiger partial charge on any atom is 0.224 e. The molecule has 2 fully saturated rings. The summed E-state index contributed by atoms with van der Waals surface area (Å²) in [5, 5.41) is 6.18. The van der Waals surface area contributed by atoms with Crippen LogP contribution in [0.1, 0.15) is 51.0 Å². The lowest BCUT2D eigenvalue weighted by atomic mass is 9.85. The number of nitrogens with two attached hydrogens (primary N) is 1. The first-order valence-corrected chi connectivity index (χ1v) is 11.5. The van der Waals surface area contributed by atoms with E-state index < -0.39 is 11.6 Å². The summed E-state index contributed by atoms with van der Waals surface area (Å²) < 4.78 is 29.9. The zero-order valence-electron chi connectivity index (χ0n) is 17.8. The standard InChI is InChI=1S/C22H24ClF2N7O/c23-15-8-12(24)9-16(25)18(15)30-22-29-17-10-27-21(28-13-2-1-3-13)31-20(17)32(22)14-6-4-11(5-7-14)19(26)33/h8-11,13-14H,1-7H2,(H2,26,33)(H,29,30)(H,27,28,31). The van der Waals surface area contributed by atoms with E-state index >= 15 is 0 Å². The Balaban J connectivity index is 1.54. The van der Waals surface area contributed by atoms with Crippen LogP contribution < -0.4 is 16.4 Å². The molecule has 0 atom stereocenters. The average Bonchev–Trinajstić information content (AvgIpc) is 3.10. The molecule has 1 amide bonds. The highest BCUT2D eigenvalue weighted by Crippen LogP contribution is 2.38. The molecule has 8 nitrogen and oxygen atoms in total. The van der Waals surface area contributed by atoms with Gasteiger partial charge < -0.3 is 16.4 Å². The SMILES string of the molecule is NC(=O)C1CCC(n2c(Nc3c(F)cc(F)cc3Cl)nc3cnc(NC4CCC4)nc32)CC1. The minimum Gasteiger partial charge on any atom is -0.369 e. The number of carbonyl (C=O) groups is 1. The monoisotopic (exact) mass is 475 g/mol. The van der Waals surface area contributed by atoms with Crippen LogP contribution in [0.4, 0.5) is 26.4 Å². The number of hydrogen-bond donors (Lipinski definition) is 3.